The lowest BCUT2D eigenvalue weighted by molar-refractivity contribution is -0.153. The van der Waals surface area contributed by atoms with Gasteiger partial charge in [0.05, 0.1) is 25.1 Å². The summed E-state index contributed by atoms with van der Waals surface area (Å²) in [7, 11) is 0. The SMILES string of the molecule is O=C(C[C@]1(COc2cccc(Cl)c2)CN(C(=O)c2ccc(-c3ccccc3F)o2)CCO1)N1CCCCC1. The summed E-state index contributed by atoms with van der Waals surface area (Å²) in [6.45, 7) is 2.21. The van der Waals surface area contributed by atoms with E-state index in [1.165, 1.54) is 6.07 Å². The van der Waals surface area contributed by atoms with Crippen LogP contribution in [0.4, 0.5) is 4.39 Å². The van der Waals surface area contributed by atoms with Crippen molar-refractivity contribution in [2.75, 3.05) is 39.4 Å². The van der Waals surface area contributed by atoms with Crippen molar-refractivity contribution in [3.63, 3.8) is 0 Å². The molecule has 0 spiro atoms. The Labute approximate surface area is 226 Å². The van der Waals surface area contributed by atoms with Gasteiger partial charge >= 0.3 is 0 Å². The second kappa shape index (κ2) is 11.6. The summed E-state index contributed by atoms with van der Waals surface area (Å²) in [4.78, 5) is 30.2. The van der Waals surface area contributed by atoms with Gasteiger partial charge in [-0.15, -0.1) is 0 Å². The normalized spacial score (nSPS) is 19.8. The molecule has 1 atom stereocenters. The van der Waals surface area contributed by atoms with Gasteiger partial charge in [-0.2, -0.15) is 0 Å². The predicted octanol–water partition coefficient (Wildman–Crippen LogP) is 5.43. The zero-order valence-corrected chi connectivity index (χ0v) is 21.8. The van der Waals surface area contributed by atoms with Crippen molar-refractivity contribution in [3.8, 4) is 17.1 Å². The van der Waals surface area contributed by atoms with E-state index in [1.54, 1.807) is 59.5 Å². The van der Waals surface area contributed by atoms with Crippen LogP contribution in [0.2, 0.25) is 5.02 Å². The maximum absolute atomic E-state index is 14.2. The van der Waals surface area contributed by atoms with Crippen molar-refractivity contribution in [1.82, 2.24) is 9.80 Å². The Hall–Kier alpha value is -3.36. The molecule has 3 heterocycles. The number of hydrogen-bond acceptors (Lipinski definition) is 5. The summed E-state index contributed by atoms with van der Waals surface area (Å²) in [6.07, 6.45) is 3.15. The molecule has 2 saturated heterocycles. The highest BCUT2D eigenvalue weighted by Crippen LogP contribution is 2.30. The number of rotatable bonds is 7. The first-order valence-corrected chi connectivity index (χ1v) is 13.2. The van der Waals surface area contributed by atoms with Gasteiger partial charge in [-0.1, -0.05) is 29.8 Å². The number of furan rings is 1. The van der Waals surface area contributed by atoms with E-state index < -0.39 is 11.4 Å². The van der Waals surface area contributed by atoms with Gasteiger partial charge < -0.3 is 23.7 Å². The molecule has 1 aromatic heterocycles. The van der Waals surface area contributed by atoms with Crippen LogP contribution in [0.25, 0.3) is 11.3 Å². The van der Waals surface area contributed by atoms with E-state index in [-0.39, 0.29) is 55.1 Å². The topological polar surface area (TPSA) is 72.2 Å². The summed E-state index contributed by atoms with van der Waals surface area (Å²) < 4.78 is 32.2. The summed E-state index contributed by atoms with van der Waals surface area (Å²) in [6, 6.07) is 16.4. The molecular formula is C29H30ClFN2O5. The minimum Gasteiger partial charge on any atom is -0.490 e. The third kappa shape index (κ3) is 6.03. The molecule has 0 N–H and O–H groups in total. The number of nitrogens with zero attached hydrogens (tertiary/aromatic N) is 2. The molecular weight excluding hydrogens is 511 g/mol. The number of hydrogen-bond donors (Lipinski definition) is 0. The van der Waals surface area contributed by atoms with Crippen LogP contribution in [0, 0.1) is 5.82 Å². The van der Waals surface area contributed by atoms with E-state index in [4.69, 9.17) is 25.5 Å². The van der Waals surface area contributed by atoms with E-state index in [9.17, 15) is 14.0 Å². The third-order valence-corrected chi connectivity index (χ3v) is 7.21. The van der Waals surface area contributed by atoms with E-state index in [0.717, 1.165) is 32.4 Å². The molecule has 38 heavy (non-hydrogen) atoms. The van der Waals surface area contributed by atoms with Crippen LogP contribution in [-0.2, 0) is 9.53 Å². The summed E-state index contributed by atoms with van der Waals surface area (Å²) in [5.41, 5.74) is -0.768. The van der Waals surface area contributed by atoms with Crippen molar-refractivity contribution in [2.45, 2.75) is 31.3 Å². The Morgan fingerprint density at radius 2 is 1.79 bits per heavy atom. The second-order valence-electron chi connectivity index (χ2n) is 9.77. The zero-order valence-electron chi connectivity index (χ0n) is 21.0. The summed E-state index contributed by atoms with van der Waals surface area (Å²) in [5.74, 6) is 0.116. The fraction of sp³-hybridized carbons (Fsp3) is 0.379. The van der Waals surface area contributed by atoms with Crippen molar-refractivity contribution in [1.29, 1.82) is 0 Å². The van der Waals surface area contributed by atoms with Crippen LogP contribution in [0.1, 0.15) is 36.2 Å². The minimum atomic E-state index is -1.05. The molecule has 2 amide bonds. The Morgan fingerprint density at radius 3 is 2.58 bits per heavy atom. The largest absolute Gasteiger partial charge is 0.490 e. The molecule has 9 heteroatoms. The van der Waals surface area contributed by atoms with E-state index >= 15 is 0 Å². The highest BCUT2D eigenvalue weighted by molar-refractivity contribution is 6.30. The van der Waals surface area contributed by atoms with Crippen LogP contribution in [-0.4, -0.2) is 66.6 Å². The molecule has 2 aliphatic heterocycles. The van der Waals surface area contributed by atoms with Crippen molar-refractivity contribution < 1.29 is 27.9 Å². The number of carbonyl (C=O) groups excluding carboxylic acids is 2. The van der Waals surface area contributed by atoms with Crippen molar-refractivity contribution in [2.24, 2.45) is 0 Å². The fourth-order valence-corrected chi connectivity index (χ4v) is 5.16. The first kappa shape index (κ1) is 26.3. The number of halogens is 2. The lowest BCUT2D eigenvalue weighted by Gasteiger charge is -2.43. The Kier molecular flexibility index (Phi) is 8.00. The smallest absolute Gasteiger partial charge is 0.289 e. The van der Waals surface area contributed by atoms with Crippen LogP contribution in [0.5, 0.6) is 5.75 Å². The van der Waals surface area contributed by atoms with Gasteiger partial charge in [0.2, 0.25) is 5.91 Å². The average molecular weight is 541 g/mol. The van der Waals surface area contributed by atoms with Crippen molar-refractivity contribution >= 4 is 23.4 Å². The van der Waals surface area contributed by atoms with E-state index in [2.05, 4.69) is 0 Å². The number of likely N-dealkylation sites (tertiary alicyclic amines) is 1. The van der Waals surface area contributed by atoms with Crippen LogP contribution < -0.4 is 4.74 Å². The van der Waals surface area contributed by atoms with Crippen molar-refractivity contribution in [3.05, 3.63) is 77.3 Å². The van der Waals surface area contributed by atoms with E-state index in [0.29, 0.717) is 17.3 Å². The number of amides is 2. The molecule has 0 bridgehead atoms. The lowest BCUT2D eigenvalue weighted by atomic mass is 9.96. The maximum atomic E-state index is 14.2. The monoisotopic (exact) mass is 540 g/mol. The highest BCUT2D eigenvalue weighted by Gasteiger charge is 2.43. The summed E-state index contributed by atoms with van der Waals surface area (Å²) in [5, 5.41) is 0.533. The number of benzene rings is 2. The van der Waals surface area contributed by atoms with E-state index in [1.807, 2.05) is 4.90 Å². The van der Waals surface area contributed by atoms with Crippen LogP contribution >= 0.6 is 11.6 Å². The van der Waals surface area contributed by atoms with Gasteiger partial charge in [-0.3, -0.25) is 9.59 Å². The Morgan fingerprint density at radius 1 is 0.974 bits per heavy atom. The lowest BCUT2D eigenvalue weighted by Crippen LogP contribution is -2.58. The number of ether oxygens (including phenoxy) is 2. The van der Waals surface area contributed by atoms with Crippen LogP contribution in [0.3, 0.4) is 0 Å². The predicted molar refractivity (Wildman–Crippen MR) is 141 cm³/mol. The molecule has 0 radical (unpaired) electrons. The molecule has 200 valence electrons. The molecule has 7 nitrogen and oxygen atoms in total. The highest BCUT2D eigenvalue weighted by atomic mass is 35.5. The van der Waals surface area contributed by atoms with Gasteiger partial charge in [0.15, 0.2) is 5.76 Å². The number of carbonyl (C=O) groups is 2. The molecule has 0 aliphatic carbocycles. The number of piperidine rings is 1. The Bertz CT molecular complexity index is 1290. The van der Waals surface area contributed by atoms with Gasteiger partial charge in [-0.05, 0) is 61.7 Å². The first-order chi connectivity index (χ1) is 18.4. The van der Waals surface area contributed by atoms with Gasteiger partial charge in [-0.25, -0.2) is 4.39 Å². The molecule has 3 aromatic rings. The zero-order chi connectivity index (χ0) is 26.5. The molecule has 2 aromatic carbocycles. The minimum absolute atomic E-state index is 0.0199. The maximum Gasteiger partial charge on any atom is 0.289 e. The summed E-state index contributed by atoms with van der Waals surface area (Å²) >= 11 is 6.12. The first-order valence-electron chi connectivity index (χ1n) is 12.9. The second-order valence-corrected chi connectivity index (χ2v) is 10.2. The Balaban J connectivity index is 1.35. The van der Waals surface area contributed by atoms with Crippen LogP contribution in [0.15, 0.2) is 65.1 Å². The van der Waals surface area contributed by atoms with Gasteiger partial charge in [0.25, 0.3) is 5.91 Å². The number of morpholine rings is 1. The fourth-order valence-electron chi connectivity index (χ4n) is 4.98. The molecule has 0 saturated carbocycles. The standard InChI is InChI=1S/C29H30ClFN2O5/c30-21-7-6-8-22(17-21)36-20-29(18-27(34)32-13-4-1-5-14-32)19-33(15-16-37-29)28(35)26-12-11-25(38-26)23-9-2-3-10-24(23)31/h2-3,6-12,17H,1,4-5,13-16,18-20H2/t29-/m1/s1. The molecule has 0 unspecified atom stereocenters. The van der Waals surface area contributed by atoms with Gasteiger partial charge in [0.1, 0.15) is 29.5 Å². The molecule has 2 aliphatic rings. The average Bonchev–Trinajstić information content (AvgIpc) is 3.43. The van der Waals surface area contributed by atoms with Gasteiger partial charge in [0, 0.05) is 24.7 Å². The molecule has 2 fully saturated rings. The third-order valence-electron chi connectivity index (χ3n) is 6.97. The molecule has 5 rings (SSSR count). The quantitative estimate of drug-likeness (QED) is 0.399.